The summed E-state index contributed by atoms with van der Waals surface area (Å²) < 4.78 is 2.00. The monoisotopic (exact) mass is 181 g/mol. The Morgan fingerprint density at radius 3 is 2.15 bits per heavy atom. The fourth-order valence-electron chi connectivity index (χ4n) is 1.36. The largest absolute Gasteiger partial charge is 0.384 e. The third-order valence-electron chi connectivity index (χ3n) is 2.10. The van der Waals surface area contributed by atoms with Gasteiger partial charge in [-0.25, -0.2) is 4.98 Å². The zero-order valence-electron chi connectivity index (χ0n) is 9.13. The second-order valence-electron chi connectivity index (χ2n) is 4.73. The molecule has 1 aromatic heterocycles. The summed E-state index contributed by atoms with van der Waals surface area (Å²) in [6.07, 6.45) is 1.82. The minimum absolute atomic E-state index is 0.0320. The molecule has 0 unspecified atom stereocenters. The number of hydrogen-bond donors (Lipinski definition) is 1. The number of rotatable bonds is 1. The van der Waals surface area contributed by atoms with Gasteiger partial charge in [-0.3, -0.25) is 0 Å². The van der Waals surface area contributed by atoms with Gasteiger partial charge in [-0.1, -0.05) is 20.8 Å². The van der Waals surface area contributed by atoms with Crippen LogP contribution in [0.1, 0.15) is 46.4 Å². The van der Waals surface area contributed by atoms with Crippen LogP contribution in [0.4, 0.5) is 5.82 Å². The molecular weight excluding hydrogens is 162 g/mol. The average Bonchev–Trinajstić information content (AvgIpc) is 2.28. The Balaban J connectivity index is 3.14. The zero-order chi connectivity index (χ0) is 10.2. The van der Waals surface area contributed by atoms with E-state index < -0.39 is 0 Å². The number of nitrogens with two attached hydrogens (primary N) is 1. The van der Waals surface area contributed by atoms with Gasteiger partial charge < -0.3 is 10.3 Å². The van der Waals surface area contributed by atoms with Crippen LogP contribution in [0.15, 0.2) is 6.33 Å². The second kappa shape index (κ2) is 3.05. The van der Waals surface area contributed by atoms with Gasteiger partial charge in [0.25, 0.3) is 0 Å². The van der Waals surface area contributed by atoms with E-state index in [2.05, 4.69) is 39.6 Å². The van der Waals surface area contributed by atoms with Gasteiger partial charge in [-0.15, -0.1) is 0 Å². The van der Waals surface area contributed by atoms with Crippen LogP contribution in [0.3, 0.4) is 0 Å². The molecule has 0 amide bonds. The molecule has 74 valence electrons. The molecule has 13 heavy (non-hydrogen) atoms. The quantitative estimate of drug-likeness (QED) is 0.722. The van der Waals surface area contributed by atoms with E-state index in [9.17, 15) is 0 Å². The van der Waals surface area contributed by atoms with Gasteiger partial charge in [-0.05, 0) is 13.8 Å². The molecule has 1 heterocycles. The van der Waals surface area contributed by atoms with Crippen LogP contribution in [0.2, 0.25) is 0 Å². The molecule has 3 nitrogen and oxygen atoms in total. The first-order valence-corrected chi connectivity index (χ1v) is 4.67. The number of aromatic nitrogens is 2. The summed E-state index contributed by atoms with van der Waals surface area (Å²) in [6, 6.07) is 0.378. The van der Waals surface area contributed by atoms with Crippen molar-refractivity contribution in [1.29, 1.82) is 0 Å². The van der Waals surface area contributed by atoms with E-state index in [1.54, 1.807) is 0 Å². The fraction of sp³-hybridized carbons (Fsp3) is 0.700. The lowest BCUT2D eigenvalue weighted by Crippen LogP contribution is -2.15. The van der Waals surface area contributed by atoms with Crippen molar-refractivity contribution in [3.63, 3.8) is 0 Å². The lowest BCUT2D eigenvalue weighted by molar-refractivity contribution is 0.570. The van der Waals surface area contributed by atoms with Gasteiger partial charge >= 0.3 is 0 Å². The highest BCUT2D eigenvalue weighted by Gasteiger charge is 2.21. The number of imidazole rings is 1. The molecule has 0 bridgehead atoms. The molecule has 0 atom stereocenters. The van der Waals surface area contributed by atoms with E-state index in [0.717, 1.165) is 11.5 Å². The highest BCUT2D eigenvalue weighted by molar-refractivity contribution is 5.40. The van der Waals surface area contributed by atoms with E-state index in [1.165, 1.54) is 0 Å². The van der Waals surface area contributed by atoms with E-state index in [4.69, 9.17) is 5.73 Å². The minimum atomic E-state index is 0.0320. The summed E-state index contributed by atoms with van der Waals surface area (Å²) in [5, 5.41) is 0. The Labute approximate surface area is 80.0 Å². The fourth-order valence-corrected chi connectivity index (χ4v) is 1.36. The summed E-state index contributed by atoms with van der Waals surface area (Å²) >= 11 is 0. The van der Waals surface area contributed by atoms with E-state index in [1.807, 2.05) is 10.9 Å². The van der Waals surface area contributed by atoms with Crippen LogP contribution in [0.5, 0.6) is 0 Å². The predicted octanol–water partition coefficient (Wildman–Crippen LogP) is 2.34. The summed E-state index contributed by atoms with van der Waals surface area (Å²) in [5.74, 6) is 0.794. The number of nitrogens with zero attached hydrogens (tertiary/aromatic N) is 2. The van der Waals surface area contributed by atoms with Gasteiger partial charge in [0.2, 0.25) is 0 Å². The highest BCUT2D eigenvalue weighted by Crippen LogP contribution is 2.27. The molecule has 0 aliphatic rings. The molecule has 0 saturated carbocycles. The van der Waals surface area contributed by atoms with Crippen LogP contribution >= 0.6 is 0 Å². The van der Waals surface area contributed by atoms with Crippen molar-refractivity contribution in [2.24, 2.45) is 0 Å². The Kier molecular flexibility index (Phi) is 2.37. The standard InChI is InChI=1S/C10H19N3/c1-7(2)13-6-12-8(9(13)11)10(3,4)5/h6-7H,11H2,1-5H3. The first-order chi connectivity index (χ1) is 5.84. The molecule has 0 aromatic carbocycles. The van der Waals surface area contributed by atoms with Crippen LogP contribution in [0, 0.1) is 0 Å². The van der Waals surface area contributed by atoms with Gasteiger partial charge in [0, 0.05) is 11.5 Å². The maximum Gasteiger partial charge on any atom is 0.127 e. The number of anilines is 1. The normalized spacial score (nSPS) is 12.5. The summed E-state index contributed by atoms with van der Waals surface area (Å²) in [7, 11) is 0. The van der Waals surface area contributed by atoms with Crippen LogP contribution in [-0.4, -0.2) is 9.55 Å². The van der Waals surface area contributed by atoms with Crippen molar-refractivity contribution in [3.8, 4) is 0 Å². The molecular formula is C10H19N3. The molecule has 2 N–H and O–H groups in total. The molecule has 0 saturated heterocycles. The lowest BCUT2D eigenvalue weighted by atomic mass is 9.92. The molecule has 1 aromatic rings. The third-order valence-corrected chi connectivity index (χ3v) is 2.10. The SMILES string of the molecule is CC(C)n1cnc(C(C)(C)C)c1N. The van der Waals surface area contributed by atoms with E-state index >= 15 is 0 Å². The highest BCUT2D eigenvalue weighted by atomic mass is 15.1. The Hall–Kier alpha value is -0.990. The zero-order valence-corrected chi connectivity index (χ0v) is 9.13. The van der Waals surface area contributed by atoms with Crippen LogP contribution in [0.25, 0.3) is 0 Å². The van der Waals surface area contributed by atoms with Crippen molar-refractivity contribution >= 4 is 5.82 Å². The summed E-state index contributed by atoms with van der Waals surface area (Å²) in [6.45, 7) is 10.6. The van der Waals surface area contributed by atoms with Crippen molar-refractivity contribution in [3.05, 3.63) is 12.0 Å². The van der Waals surface area contributed by atoms with Crippen molar-refractivity contribution in [2.75, 3.05) is 5.73 Å². The summed E-state index contributed by atoms with van der Waals surface area (Å²) in [4.78, 5) is 4.35. The van der Waals surface area contributed by atoms with Crippen molar-refractivity contribution < 1.29 is 0 Å². The Morgan fingerprint density at radius 1 is 1.38 bits per heavy atom. The van der Waals surface area contributed by atoms with Crippen LogP contribution < -0.4 is 5.73 Å². The third kappa shape index (κ3) is 1.85. The molecule has 1 rings (SSSR count). The molecule has 0 fully saturated rings. The average molecular weight is 181 g/mol. The van der Waals surface area contributed by atoms with E-state index in [0.29, 0.717) is 6.04 Å². The molecule has 3 heteroatoms. The molecule has 0 aliphatic heterocycles. The topological polar surface area (TPSA) is 43.8 Å². The molecule has 0 aliphatic carbocycles. The van der Waals surface area contributed by atoms with Gasteiger partial charge in [0.15, 0.2) is 0 Å². The number of hydrogen-bond acceptors (Lipinski definition) is 2. The first kappa shape index (κ1) is 10.1. The second-order valence-corrected chi connectivity index (χ2v) is 4.73. The van der Waals surface area contributed by atoms with E-state index in [-0.39, 0.29) is 5.41 Å². The predicted molar refractivity (Wildman–Crippen MR) is 55.7 cm³/mol. The van der Waals surface area contributed by atoms with Crippen molar-refractivity contribution in [2.45, 2.75) is 46.1 Å². The van der Waals surface area contributed by atoms with Crippen LogP contribution in [-0.2, 0) is 5.41 Å². The maximum atomic E-state index is 5.99. The lowest BCUT2D eigenvalue weighted by Gasteiger charge is -2.17. The first-order valence-electron chi connectivity index (χ1n) is 4.67. The van der Waals surface area contributed by atoms with Gasteiger partial charge in [-0.2, -0.15) is 0 Å². The maximum absolute atomic E-state index is 5.99. The minimum Gasteiger partial charge on any atom is -0.384 e. The van der Waals surface area contributed by atoms with Gasteiger partial charge in [0.05, 0.1) is 12.0 Å². The van der Waals surface area contributed by atoms with Gasteiger partial charge in [0.1, 0.15) is 5.82 Å². The Bertz CT molecular complexity index is 292. The summed E-state index contributed by atoms with van der Waals surface area (Å²) in [5.41, 5.74) is 7.01. The molecule has 0 spiro atoms. The number of nitrogen functional groups attached to an aromatic ring is 1. The van der Waals surface area contributed by atoms with Crippen molar-refractivity contribution in [1.82, 2.24) is 9.55 Å². The molecule has 0 radical (unpaired) electrons. The Morgan fingerprint density at radius 2 is 1.92 bits per heavy atom. The smallest absolute Gasteiger partial charge is 0.127 e.